The monoisotopic (exact) mass is 385 g/mol. The molecule has 0 bridgehead atoms. The largest absolute Gasteiger partial charge is 0.461 e. The van der Waals surface area contributed by atoms with E-state index in [1.165, 1.54) is 22.6 Å². The molecule has 0 saturated heterocycles. The molecule has 0 aliphatic carbocycles. The molecule has 0 aliphatic rings. The summed E-state index contributed by atoms with van der Waals surface area (Å²) in [7, 11) is 0. The second-order valence-electron chi connectivity index (χ2n) is 5.73. The second kappa shape index (κ2) is 8.54. The normalized spacial score (nSPS) is 10.7. The molecule has 2 heterocycles. The maximum absolute atomic E-state index is 12.3. The quantitative estimate of drug-likeness (QED) is 0.575. The predicted molar refractivity (Wildman–Crippen MR) is 102 cm³/mol. The van der Waals surface area contributed by atoms with E-state index in [1.54, 1.807) is 12.1 Å². The van der Waals surface area contributed by atoms with Crippen molar-refractivity contribution >= 4 is 29.3 Å². The minimum Gasteiger partial charge on any atom is -0.461 e. The predicted octanol–water partition coefficient (Wildman–Crippen LogP) is 2.32. The van der Waals surface area contributed by atoms with Crippen LogP contribution in [0.4, 0.5) is 5.69 Å². The number of thioether (sulfide) groups is 1. The highest BCUT2D eigenvalue weighted by Gasteiger charge is 2.18. The van der Waals surface area contributed by atoms with Crippen LogP contribution in [0.5, 0.6) is 0 Å². The van der Waals surface area contributed by atoms with Crippen molar-refractivity contribution in [3.05, 3.63) is 48.2 Å². The Morgan fingerprint density at radius 2 is 2.11 bits per heavy atom. The van der Waals surface area contributed by atoms with Gasteiger partial charge in [-0.05, 0) is 36.2 Å². The first-order chi connectivity index (χ1) is 13.1. The zero-order chi connectivity index (χ0) is 19.2. The standard InChI is InChI=1S/C18H19N5O3S/c1-2-12-5-3-6-13(9-12)20-16(25)11-27-18-22-21-17(14-7-4-8-26-14)23(18)10-15(19)24/h3-9H,2,10-11H2,1H3,(H2,19,24)(H,20,25). The van der Waals surface area contributed by atoms with Gasteiger partial charge in [0.1, 0.15) is 6.54 Å². The van der Waals surface area contributed by atoms with Crippen molar-refractivity contribution in [3.8, 4) is 11.6 Å². The number of anilines is 1. The summed E-state index contributed by atoms with van der Waals surface area (Å²) in [6, 6.07) is 11.1. The molecule has 0 atom stereocenters. The number of amides is 2. The zero-order valence-electron chi connectivity index (χ0n) is 14.7. The summed E-state index contributed by atoms with van der Waals surface area (Å²) in [6.07, 6.45) is 2.40. The summed E-state index contributed by atoms with van der Waals surface area (Å²) in [5.41, 5.74) is 7.21. The minimum absolute atomic E-state index is 0.106. The van der Waals surface area contributed by atoms with Crippen LogP contribution >= 0.6 is 11.8 Å². The summed E-state index contributed by atoms with van der Waals surface area (Å²) in [5, 5.41) is 11.4. The zero-order valence-corrected chi connectivity index (χ0v) is 15.5. The van der Waals surface area contributed by atoms with E-state index in [9.17, 15) is 9.59 Å². The van der Waals surface area contributed by atoms with Gasteiger partial charge in [-0.25, -0.2) is 0 Å². The number of rotatable bonds is 8. The Hall–Kier alpha value is -3.07. The van der Waals surface area contributed by atoms with E-state index in [1.807, 2.05) is 24.3 Å². The number of benzene rings is 1. The Morgan fingerprint density at radius 3 is 2.81 bits per heavy atom. The van der Waals surface area contributed by atoms with Gasteiger partial charge in [0.15, 0.2) is 10.9 Å². The summed E-state index contributed by atoms with van der Waals surface area (Å²) in [6.45, 7) is 1.95. The molecule has 2 aromatic heterocycles. The van der Waals surface area contributed by atoms with E-state index in [0.717, 1.165) is 17.7 Å². The second-order valence-corrected chi connectivity index (χ2v) is 6.67. The molecule has 0 unspecified atom stereocenters. The van der Waals surface area contributed by atoms with Crippen LogP contribution in [0.25, 0.3) is 11.6 Å². The Morgan fingerprint density at radius 1 is 1.26 bits per heavy atom. The summed E-state index contributed by atoms with van der Waals surface area (Å²) in [5.74, 6) is 0.256. The van der Waals surface area contributed by atoms with Crippen LogP contribution in [0.1, 0.15) is 12.5 Å². The van der Waals surface area contributed by atoms with Crippen molar-refractivity contribution in [1.82, 2.24) is 14.8 Å². The van der Waals surface area contributed by atoms with Crippen LogP contribution in [0.15, 0.2) is 52.2 Å². The van der Waals surface area contributed by atoms with E-state index in [-0.39, 0.29) is 18.2 Å². The maximum Gasteiger partial charge on any atom is 0.237 e. The Labute approximate surface area is 160 Å². The van der Waals surface area contributed by atoms with Crippen molar-refractivity contribution in [2.24, 2.45) is 5.73 Å². The Bertz CT molecular complexity index is 936. The number of hydrogen-bond donors (Lipinski definition) is 2. The molecule has 3 aromatic rings. The highest BCUT2D eigenvalue weighted by Crippen LogP contribution is 2.24. The first-order valence-electron chi connectivity index (χ1n) is 8.33. The molecule has 1 aromatic carbocycles. The third-order valence-corrected chi connectivity index (χ3v) is 4.69. The number of nitrogens with zero attached hydrogens (tertiary/aromatic N) is 3. The first-order valence-corrected chi connectivity index (χ1v) is 9.32. The van der Waals surface area contributed by atoms with Gasteiger partial charge in [0.25, 0.3) is 0 Å². The minimum atomic E-state index is -0.537. The van der Waals surface area contributed by atoms with Crippen LogP contribution in [-0.2, 0) is 22.6 Å². The highest BCUT2D eigenvalue weighted by molar-refractivity contribution is 7.99. The number of nitrogens with one attached hydrogen (secondary N) is 1. The van der Waals surface area contributed by atoms with E-state index in [4.69, 9.17) is 10.2 Å². The molecule has 3 rings (SSSR count). The Kier molecular flexibility index (Phi) is 5.92. The van der Waals surface area contributed by atoms with Crippen LogP contribution in [-0.4, -0.2) is 32.3 Å². The molecule has 9 heteroatoms. The number of aryl methyl sites for hydroxylation is 1. The lowest BCUT2D eigenvalue weighted by atomic mass is 10.1. The number of carbonyl (C=O) groups excluding carboxylic acids is 2. The maximum atomic E-state index is 12.3. The molecule has 0 aliphatic heterocycles. The molecule has 0 spiro atoms. The van der Waals surface area contributed by atoms with Gasteiger partial charge in [-0.1, -0.05) is 30.8 Å². The lowest BCUT2D eigenvalue weighted by Crippen LogP contribution is -2.20. The fourth-order valence-corrected chi connectivity index (χ4v) is 3.22. The van der Waals surface area contributed by atoms with Gasteiger partial charge in [0.2, 0.25) is 17.6 Å². The number of furan rings is 1. The van der Waals surface area contributed by atoms with Crippen LogP contribution in [0.2, 0.25) is 0 Å². The molecule has 0 fully saturated rings. The molecule has 27 heavy (non-hydrogen) atoms. The summed E-state index contributed by atoms with van der Waals surface area (Å²) < 4.78 is 6.86. The van der Waals surface area contributed by atoms with Gasteiger partial charge in [-0.2, -0.15) is 0 Å². The van der Waals surface area contributed by atoms with Crippen molar-refractivity contribution in [2.45, 2.75) is 25.0 Å². The molecule has 140 valence electrons. The molecule has 8 nitrogen and oxygen atoms in total. The molecular weight excluding hydrogens is 366 g/mol. The number of carbonyl (C=O) groups is 2. The molecule has 3 N–H and O–H groups in total. The Balaban J connectivity index is 1.69. The molecule has 0 saturated carbocycles. The van der Waals surface area contributed by atoms with E-state index in [2.05, 4.69) is 22.4 Å². The van der Waals surface area contributed by atoms with Gasteiger partial charge < -0.3 is 15.5 Å². The van der Waals surface area contributed by atoms with E-state index >= 15 is 0 Å². The topological polar surface area (TPSA) is 116 Å². The number of primary amides is 1. The van der Waals surface area contributed by atoms with Gasteiger partial charge in [0.05, 0.1) is 12.0 Å². The van der Waals surface area contributed by atoms with Gasteiger partial charge in [-0.15, -0.1) is 10.2 Å². The lowest BCUT2D eigenvalue weighted by molar-refractivity contribution is -0.118. The van der Waals surface area contributed by atoms with Crippen molar-refractivity contribution in [2.75, 3.05) is 11.1 Å². The van der Waals surface area contributed by atoms with Crippen molar-refractivity contribution in [1.29, 1.82) is 0 Å². The van der Waals surface area contributed by atoms with Crippen LogP contribution in [0.3, 0.4) is 0 Å². The summed E-state index contributed by atoms with van der Waals surface area (Å²) in [4.78, 5) is 23.7. The van der Waals surface area contributed by atoms with Crippen LogP contribution in [0, 0.1) is 0 Å². The van der Waals surface area contributed by atoms with Crippen molar-refractivity contribution < 1.29 is 14.0 Å². The average Bonchev–Trinajstić information content (AvgIpc) is 3.29. The fraction of sp³-hybridized carbons (Fsp3) is 0.222. The third kappa shape index (κ3) is 4.76. The highest BCUT2D eigenvalue weighted by atomic mass is 32.2. The van der Waals surface area contributed by atoms with E-state index < -0.39 is 5.91 Å². The SMILES string of the molecule is CCc1cccc(NC(=O)CSc2nnc(-c3ccco3)n2CC(N)=O)c1. The number of aromatic nitrogens is 3. The third-order valence-electron chi connectivity index (χ3n) is 3.72. The number of hydrogen-bond acceptors (Lipinski definition) is 6. The van der Waals surface area contributed by atoms with E-state index in [0.29, 0.717) is 16.7 Å². The molecule has 0 radical (unpaired) electrons. The lowest BCUT2D eigenvalue weighted by Gasteiger charge is -2.08. The van der Waals surface area contributed by atoms with Crippen LogP contribution < -0.4 is 11.1 Å². The van der Waals surface area contributed by atoms with Gasteiger partial charge in [0, 0.05) is 5.69 Å². The summed E-state index contributed by atoms with van der Waals surface area (Å²) >= 11 is 1.17. The van der Waals surface area contributed by atoms with Gasteiger partial charge in [-0.3, -0.25) is 14.2 Å². The molecular formula is C18H19N5O3S. The average molecular weight is 385 g/mol. The van der Waals surface area contributed by atoms with Crippen molar-refractivity contribution in [3.63, 3.8) is 0 Å². The first kappa shape index (κ1) is 18.7. The molecule has 2 amide bonds. The fourth-order valence-electron chi connectivity index (χ4n) is 2.48. The smallest absolute Gasteiger partial charge is 0.237 e. The number of nitrogens with two attached hydrogens (primary N) is 1. The van der Waals surface area contributed by atoms with Gasteiger partial charge >= 0.3 is 0 Å².